The average Bonchev–Trinajstić information content (AvgIpc) is 2.07. The number of nitrogens with two attached hydrogens (primary N) is 1. The number of halogens is 1. The van der Waals surface area contributed by atoms with E-state index in [0.29, 0.717) is 5.02 Å². The van der Waals surface area contributed by atoms with Gasteiger partial charge in [0.2, 0.25) is 5.91 Å². The van der Waals surface area contributed by atoms with Crippen LogP contribution in [0.5, 0.6) is 0 Å². The number of carbonyl (C=O) groups is 1. The van der Waals surface area contributed by atoms with Gasteiger partial charge in [0.1, 0.15) is 0 Å². The van der Waals surface area contributed by atoms with E-state index >= 15 is 0 Å². The standard InChI is InChI=1S/C10H10ClNO/c1-7-3-2-4-8(10(7)11)5-6-9(12)13/h2-6H,1H3,(H2,12,13). The maximum atomic E-state index is 10.5. The lowest BCUT2D eigenvalue weighted by Crippen LogP contribution is -2.05. The van der Waals surface area contributed by atoms with Crippen molar-refractivity contribution in [3.05, 3.63) is 40.4 Å². The first-order valence-corrected chi connectivity index (χ1v) is 4.21. The van der Waals surface area contributed by atoms with Gasteiger partial charge in [0.05, 0.1) is 5.02 Å². The van der Waals surface area contributed by atoms with Crippen LogP contribution in [0.25, 0.3) is 6.08 Å². The van der Waals surface area contributed by atoms with Gasteiger partial charge in [-0.05, 0) is 24.1 Å². The summed E-state index contributed by atoms with van der Waals surface area (Å²) >= 11 is 5.97. The number of benzene rings is 1. The Morgan fingerprint density at radius 1 is 1.54 bits per heavy atom. The minimum Gasteiger partial charge on any atom is -0.366 e. The summed E-state index contributed by atoms with van der Waals surface area (Å²) in [6.07, 6.45) is 2.90. The molecular formula is C10H10ClNO. The molecule has 0 bridgehead atoms. The van der Waals surface area contributed by atoms with Crippen LogP contribution >= 0.6 is 11.6 Å². The lowest BCUT2D eigenvalue weighted by molar-refractivity contribution is -0.113. The van der Waals surface area contributed by atoms with Crippen molar-refractivity contribution < 1.29 is 4.79 Å². The molecule has 1 aromatic rings. The van der Waals surface area contributed by atoms with Gasteiger partial charge in [-0.2, -0.15) is 0 Å². The van der Waals surface area contributed by atoms with E-state index in [0.717, 1.165) is 11.1 Å². The number of hydrogen-bond acceptors (Lipinski definition) is 1. The number of primary amides is 1. The number of amides is 1. The smallest absolute Gasteiger partial charge is 0.241 e. The molecule has 0 unspecified atom stereocenters. The predicted molar refractivity (Wildman–Crippen MR) is 54.4 cm³/mol. The first-order chi connectivity index (χ1) is 6.11. The Hall–Kier alpha value is -1.28. The average molecular weight is 196 g/mol. The van der Waals surface area contributed by atoms with Gasteiger partial charge in [-0.3, -0.25) is 4.79 Å². The van der Waals surface area contributed by atoms with Crippen LogP contribution in [0, 0.1) is 6.92 Å². The van der Waals surface area contributed by atoms with Crippen molar-refractivity contribution in [3.63, 3.8) is 0 Å². The van der Waals surface area contributed by atoms with E-state index in [1.807, 2.05) is 25.1 Å². The molecule has 0 aliphatic heterocycles. The molecule has 1 rings (SSSR count). The Kier molecular flexibility index (Phi) is 3.09. The molecule has 2 N–H and O–H groups in total. The summed E-state index contributed by atoms with van der Waals surface area (Å²) < 4.78 is 0. The van der Waals surface area contributed by atoms with Gasteiger partial charge in [0.25, 0.3) is 0 Å². The summed E-state index contributed by atoms with van der Waals surface area (Å²) in [6.45, 7) is 1.91. The molecular weight excluding hydrogens is 186 g/mol. The second kappa shape index (κ2) is 4.10. The van der Waals surface area contributed by atoms with Crippen molar-refractivity contribution in [1.82, 2.24) is 0 Å². The lowest BCUT2D eigenvalue weighted by Gasteiger charge is -2.00. The van der Waals surface area contributed by atoms with Gasteiger partial charge in [-0.25, -0.2) is 0 Å². The van der Waals surface area contributed by atoms with Crippen LogP contribution in [0.3, 0.4) is 0 Å². The Bertz CT molecular complexity index is 358. The largest absolute Gasteiger partial charge is 0.366 e. The zero-order chi connectivity index (χ0) is 9.84. The molecule has 68 valence electrons. The molecule has 0 aliphatic carbocycles. The van der Waals surface area contributed by atoms with Crippen LogP contribution in [-0.4, -0.2) is 5.91 Å². The van der Waals surface area contributed by atoms with Crippen molar-refractivity contribution in [1.29, 1.82) is 0 Å². The number of carbonyl (C=O) groups excluding carboxylic acids is 1. The van der Waals surface area contributed by atoms with Crippen LogP contribution in [0.2, 0.25) is 5.02 Å². The van der Waals surface area contributed by atoms with E-state index in [1.54, 1.807) is 6.08 Å². The molecule has 2 nitrogen and oxygen atoms in total. The van der Waals surface area contributed by atoms with Crippen molar-refractivity contribution in [2.75, 3.05) is 0 Å². The fourth-order valence-electron chi connectivity index (χ4n) is 0.971. The Morgan fingerprint density at radius 2 is 2.23 bits per heavy atom. The van der Waals surface area contributed by atoms with Gasteiger partial charge >= 0.3 is 0 Å². The highest BCUT2D eigenvalue weighted by Crippen LogP contribution is 2.21. The summed E-state index contributed by atoms with van der Waals surface area (Å²) in [5, 5.41) is 0.653. The Balaban J connectivity index is 3.02. The maximum absolute atomic E-state index is 10.5. The monoisotopic (exact) mass is 195 g/mol. The van der Waals surface area contributed by atoms with E-state index in [-0.39, 0.29) is 0 Å². The summed E-state index contributed by atoms with van der Waals surface area (Å²) in [5.74, 6) is -0.474. The van der Waals surface area contributed by atoms with Crippen molar-refractivity contribution >= 4 is 23.6 Å². The van der Waals surface area contributed by atoms with Gasteiger partial charge in [-0.15, -0.1) is 0 Å². The molecule has 0 aromatic heterocycles. The third-order valence-electron chi connectivity index (χ3n) is 1.65. The highest BCUT2D eigenvalue weighted by atomic mass is 35.5. The van der Waals surface area contributed by atoms with Crippen LogP contribution < -0.4 is 5.73 Å². The topological polar surface area (TPSA) is 43.1 Å². The third kappa shape index (κ3) is 2.60. The summed E-state index contributed by atoms with van der Waals surface area (Å²) in [5.41, 5.74) is 6.75. The molecule has 1 aromatic carbocycles. The molecule has 0 radical (unpaired) electrons. The first-order valence-electron chi connectivity index (χ1n) is 3.84. The van der Waals surface area contributed by atoms with E-state index in [1.165, 1.54) is 6.08 Å². The molecule has 0 spiro atoms. The fraction of sp³-hybridized carbons (Fsp3) is 0.100. The van der Waals surface area contributed by atoms with Gasteiger partial charge in [-0.1, -0.05) is 29.8 Å². The molecule has 3 heteroatoms. The second-order valence-corrected chi connectivity index (χ2v) is 3.09. The molecule has 0 saturated carbocycles. The van der Waals surface area contributed by atoms with Crippen LogP contribution in [0.4, 0.5) is 0 Å². The van der Waals surface area contributed by atoms with E-state index < -0.39 is 5.91 Å². The molecule has 0 atom stereocenters. The normalized spacial score (nSPS) is 10.6. The maximum Gasteiger partial charge on any atom is 0.241 e. The fourth-order valence-corrected chi connectivity index (χ4v) is 1.16. The highest BCUT2D eigenvalue weighted by molar-refractivity contribution is 6.32. The molecule has 1 amide bonds. The van der Waals surface area contributed by atoms with Crippen molar-refractivity contribution in [3.8, 4) is 0 Å². The second-order valence-electron chi connectivity index (χ2n) is 2.71. The van der Waals surface area contributed by atoms with E-state index in [2.05, 4.69) is 0 Å². The summed E-state index contributed by atoms with van der Waals surface area (Å²) in [4.78, 5) is 10.5. The van der Waals surface area contributed by atoms with Gasteiger partial charge in [0.15, 0.2) is 0 Å². The number of rotatable bonds is 2. The van der Waals surface area contributed by atoms with Gasteiger partial charge in [0, 0.05) is 6.08 Å². The van der Waals surface area contributed by atoms with E-state index in [4.69, 9.17) is 17.3 Å². The first kappa shape index (κ1) is 9.81. The highest BCUT2D eigenvalue weighted by Gasteiger charge is 1.98. The minimum atomic E-state index is -0.474. The van der Waals surface area contributed by atoms with Crippen LogP contribution in [0.15, 0.2) is 24.3 Å². The van der Waals surface area contributed by atoms with Crippen LogP contribution in [-0.2, 0) is 4.79 Å². The van der Waals surface area contributed by atoms with Gasteiger partial charge < -0.3 is 5.73 Å². The summed E-state index contributed by atoms with van der Waals surface area (Å²) in [6, 6.07) is 5.61. The molecule has 0 aliphatic rings. The molecule has 0 fully saturated rings. The van der Waals surface area contributed by atoms with Crippen LogP contribution in [0.1, 0.15) is 11.1 Å². The van der Waals surface area contributed by atoms with Crippen molar-refractivity contribution in [2.24, 2.45) is 5.73 Å². The zero-order valence-corrected chi connectivity index (χ0v) is 8.01. The number of aryl methyl sites for hydroxylation is 1. The third-order valence-corrected chi connectivity index (χ3v) is 2.17. The zero-order valence-electron chi connectivity index (χ0n) is 7.25. The number of hydrogen-bond donors (Lipinski definition) is 1. The molecule has 13 heavy (non-hydrogen) atoms. The van der Waals surface area contributed by atoms with E-state index in [9.17, 15) is 4.79 Å². The molecule has 0 heterocycles. The SMILES string of the molecule is Cc1cccc(C=CC(N)=O)c1Cl. The van der Waals surface area contributed by atoms with Crippen molar-refractivity contribution in [2.45, 2.75) is 6.92 Å². The minimum absolute atomic E-state index is 0.474. The lowest BCUT2D eigenvalue weighted by atomic mass is 10.1. The summed E-state index contributed by atoms with van der Waals surface area (Å²) in [7, 11) is 0. The quantitative estimate of drug-likeness (QED) is 0.722. The molecule has 0 saturated heterocycles. The predicted octanol–water partition coefficient (Wildman–Crippen LogP) is 2.15. The Labute approximate surface area is 82.0 Å². The Morgan fingerprint density at radius 3 is 2.85 bits per heavy atom.